The van der Waals surface area contributed by atoms with Crippen molar-refractivity contribution < 1.29 is 9.90 Å². The number of nitrogens with one attached hydrogen (secondary N) is 1. The Hall–Kier alpha value is -3.15. The Morgan fingerprint density at radius 3 is 2.32 bits per heavy atom. The molecule has 0 aliphatic heterocycles. The molecule has 0 saturated carbocycles. The molecule has 1 amide bonds. The predicted molar refractivity (Wildman–Crippen MR) is 125 cm³/mol. The first-order valence-corrected chi connectivity index (χ1v) is 11.2. The number of hydrogen-bond donors (Lipinski definition) is 2. The van der Waals surface area contributed by atoms with Gasteiger partial charge < -0.3 is 15.0 Å². The maximum Gasteiger partial charge on any atom is 0.267 e. The molecule has 6 heteroatoms. The zero-order chi connectivity index (χ0) is 22.1. The van der Waals surface area contributed by atoms with Gasteiger partial charge in [0.1, 0.15) is 11.3 Å². The van der Waals surface area contributed by atoms with E-state index in [9.17, 15) is 14.7 Å². The van der Waals surface area contributed by atoms with Crippen molar-refractivity contribution in [3.05, 3.63) is 64.7 Å². The van der Waals surface area contributed by atoms with Crippen LogP contribution in [0.2, 0.25) is 0 Å². The number of pyridine rings is 2. The smallest absolute Gasteiger partial charge is 0.267 e. The van der Waals surface area contributed by atoms with Gasteiger partial charge in [0.2, 0.25) is 0 Å². The van der Waals surface area contributed by atoms with Crippen LogP contribution >= 0.6 is 0 Å². The number of hydrogen-bond acceptors (Lipinski definition) is 4. The summed E-state index contributed by atoms with van der Waals surface area (Å²) < 4.78 is 1.62. The van der Waals surface area contributed by atoms with Gasteiger partial charge >= 0.3 is 0 Å². The molecule has 0 bridgehead atoms. The summed E-state index contributed by atoms with van der Waals surface area (Å²) in [5, 5.41) is 13.9. The van der Waals surface area contributed by atoms with Crippen molar-refractivity contribution in [2.75, 3.05) is 5.32 Å². The molecule has 164 valence electrons. The van der Waals surface area contributed by atoms with Crippen LogP contribution in [-0.4, -0.2) is 20.6 Å². The maximum absolute atomic E-state index is 13.2. The zero-order valence-corrected chi connectivity index (χ0v) is 18.1. The summed E-state index contributed by atoms with van der Waals surface area (Å²) in [6.45, 7) is 2.73. The highest BCUT2D eigenvalue weighted by Crippen LogP contribution is 2.27. The third-order valence-corrected chi connectivity index (χ3v) is 5.55. The number of unbranched alkanes of at least 4 members (excludes halogenated alkanes) is 7. The fourth-order valence-corrected chi connectivity index (χ4v) is 3.85. The van der Waals surface area contributed by atoms with Gasteiger partial charge in [-0.15, -0.1) is 0 Å². The minimum Gasteiger partial charge on any atom is -0.506 e. The maximum atomic E-state index is 13.2. The highest BCUT2D eigenvalue weighted by atomic mass is 16.3. The predicted octanol–water partition coefficient (Wildman–Crippen LogP) is 5.50. The standard InChI is InChI=1S/C25H31N3O3/c1-2-3-4-5-6-7-8-11-18-28-21-13-10-9-12-20(21)23(29)22(25(28)31)24(30)27-19-14-16-26-17-15-19/h9-10,12-17,29H,2-8,11,18H2,1H3,(H,26,27,30). The molecule has 3 aromatic rings. The van der Waals surface area contributed by atoms with Crippen LogP contribution in [-0.2, 0) is 6.54 Å². The topological polar surface area (TPSA) is 84.2 Å². The van der Waals surface area contributed by atoms with Crippen LogP contribution in [0.25, 0.3) is 10.9 Å². The van der Waals surface area contributed by atoms with Crippen molar-refractivity contribution in [1.29, 1.82) is 0 Å². The molecule has 2 aromatic heterocycles. The van der Waals surface area contributed by atoms with E-state index < -0.39 is 11.5 Å². The molecule has 2 N–H and O–H groups in total. The number of carbonyl (C=O) groups excluding carboxylic acids is 1. The molecular formula is C25H31N3O3. The lowest BCUT2D eigenvalue weighted by atomic mass is 10.1. The first-order chi connectivity index (χ1) is 15.1. The Balaban J connectivity index is 1.79. The number of para-hydroxylation sites is 1. The molecule has 6 nitrogen and oxygen atoms in total. The Morgan fingerprint density at radius 1 is 0.968 bits per heavy atom. The van der Waals surface area contributed by atoms with E-state index in [1.165, 1.54) is 32.1 Å². The quantitative estimate of drug-likeness (QED) is 0.401. The van der Waals surface area contributed by atoms with E-state index in [-0.39, 0.29) is 11.3 Å². The van der Waals surface area contributed by atoms with Gasteiger partial charge in [-0.3, -0.25) is 14.6 Å². The second-order valence-corrected chi connectivity index (χ2v) is 7.86. The number of rotatable bonds is 11. The zero-order valence-electron chi connectivity index (χ0n) is 18.1. The van der Waals surface area contributed by atoms with Crippen LogP contribution in [0.1, 0.15) is 68.6 Å². The van der Waals surface area contributed by atoms with Crippen molar-refractivity contribution in [3.63, 3.8) is 0 Å². The Labute approximate surface area is 183 Å². The van der Waals surface area contributed by atoms with Gasteiger partial charge in [-0.05, 0) is 30.7 Å². The number of amides is 1. The molecule has 0 aliphatic rings. The third-order valence-electron chi connectivity index (χ3n) is 5.55. The molecule has 0 radical (unpaired) electrons. The van der Waals surface area contributed by atoms with E-state index >= 15 is 0 Å². The monoisotopic (exact) mass is 421 g/mol. The SMILES string of the molecule is CCCCCCCCCCn1c(=O)c(C(=O)Nc2ccncc2)c(O)c2ccccc21. The van der Waals surface area contributed by atoms with E-state index in [0.717, 1.165) is 19.3 Å². The van der Waals surface area contributed by atoms with Crippen molar-refractivity contribution >= 4 is 22.5 Å². The highest BCUT2D eigenvalue weighted by Gasteiger charge is 2.22. The van der Waals surface area contributed by atoms with Crippen LogP contribution < -0.4 is 10.9 Å². The summed E-state index contributed by atoms with van der Waals surface area (Å²) in [7, 11) is 0. The summed E-state index contributed by atoms with van der Waals surface area (Å²) in [5.41, 5.74) is 0.468. The number of carbonyl (C=O) groups is 1. The summed E-state index contributed by atoms with van der Waals surface area (Å²) in [4.78, 5) is 30.0. The van der Waals surface area contributed by atoms with Crippen LogP contribution in [0.4, 0.5) is 5.69 Å². The fourth-order valence-electron chi connectivity index (χ4n) is 3.85. The lowest BCUT2D eigenvalue weighted by Gasteiger charge is -2.15. The summed E-state index contributed by atoms with van der Waals surface area (Å²) in [6, 6.07) is 10.4. The van der Waals surface area contributed by atoms with E-state index in [1.54, 1.807) is 41.2 Å². The highest BCUT2D eigenvalue weighted by molar-refractivity contribution is 6.09. The second-order valence-electron chi connectivity index (χ2n) is 7.86. The van der Waals surface area contributed by atoms with Crippen molar-refractivity contribution in [3.8, 4) is 5.75 Å². The molecule has 0 fully saturated rings. The third kappa shape index (κ3) is 5.72. The van der Waals surface area contributed by atoms with Gasteiger partial charge in [0, 0.05) is 30.0 Å². The van der Waals surface area contributed by atoms with Crippen LogP contribution in [0.3, 0.4) is 0 Å². The molecule has 0 spiro atoms. The molecule has 0 unspecified atom stereocenters. The molecule has 0 atom stereocenters. The minimum atomic E-state index is -0.621. The fraction of sp³-hybridized carbons (Fsp3) is 0.400. The average molecular weight is 422 g/mol. The van der Waals surface area contributed by atoms with Crippen molar-refractivity contribution in [2.24, 2.45) is 0 Å². The van der Waals surface area contributed by atoms with Gasteiger partial charge in [0.05, 0.1) is 5.52 Å². The first-order valence-electron chi connectivity index (χ1n) is 11.2. The van der Waals surface area contributed by atoms with E-state index in [1.807, 2.05) is 12.1 Å². The summed E-state index contributed by atoms with van der Waals surface area (Å²) >= 11 is 0. The van der Waals surface area contributed by atoms with Gasteiger partial charge in [0.15, 0.2) is 0 Å². The first kappa shape index (κ1) is 22.5. The number of aryl methyl sites for hydroxylation is 1. The number of aromatic nitrogens is 2. The van der Waals surface area contributed by atoms with Crippen molar-refractivity contribution in [2.45, 2.75) is 64.8 Å². The normalized spacial score (nSPS) is 11.0. The van der Waals surface area contributed by atoms with Crippen LogP contribution in [0.5, 0.6) is 5.75 Å². The van der Waals surface area contributed by atoms with Gasteiger partial charge in [-0.1, -0.05) is 64.0 Å². The van der Waals surface area contributed by atoms with Gasteiger partial charge in [-0.2, -0.15) is 0 Å². The second kappa shape index (κ2) is 11.3. The number of aromatic hydroxyl groups is 1. The largest absolute Gasteiger partial charge is 0.506 e. The lowest BCUT2D eigenvalue weighted by molar-refractivity contribution is 0.102. The van der Waals surface area contributed by atoms with Crippen LogP contribution in [0.15, 0.2) is 53.6 Å². The molecule has 3 rings (SSSR count). The number of fused-ring (bicyclic) bond motifs is 1. The molecule has 31 heavy (non-hydrogen) atoms. The van der Waals surface area contributed by atoms with Gasteiger partial charge in [0.25, 0.3) is 11.5 Å². The van der Waals surface area contributed by atoms with E-state index in [0.29, 0.717) is 23.1 Å². The molecular weight excluding hydrogens is 390 g/mol. The molecule has 0 aliphatic carbocycles. The number of nitrogens with zero attached hydrogens (tertiary/aromatic N) is 2. The average Bonchev–Trinajstić information content (AvgIpc) is 2.78. The number of anilines is 1. The van der Waals surface area contributed by atoms with Crippen molar-refractivity contribution in [1.82, 2.24) is 9.55 Å². The summed E-state index contributed by atoms with van der Waals surface area (Å²) in [5.74, 6) is -0.900. The Bertz CT molecular complexity index is 1060. The minimum absolute atomic E-state index is 0.227. The Kier molecular flexibility index (Phi) is 8.21. The van der Waals surface area contributed by atoms with E-state index in [2.05, 4.69) is 17.2 Å². The Morgan fingerprint density at radius 2 is 1.61 bits per heavy atom. The van der Waals surface area contributed by atoms with Gasteiger partial charge in [-0.25, -0.2) is 0 Å². The number of benzene rings is 1. The summed E-state index contributed by atoms with van der Waals surface area (Å²) in [6.07, 6.45) is 12.4. The van der Waals surface area contributed by atoms with Crippen LogP contribution in [0, 0.1) is 0 Å². The lowest BCUT2D eigenvalue weighted by Crippen LogP contribution is -2.30. The molecule has 2 heterocycles. The van der Waals surface area contributed by atoms with E-state index in [4.69, 9.17) is 0 Å². The molecule has 1 aromatic carbocycles. The molecule has 0 saturated heterocycles.